The zero-order valence-electron chi connectivity index (χ0n) is 12.2. The van der Waals surface area contributed by atoms with Crippen molar-refractivity contribution < 1.29 is 9.59 Å². The van der Waals surface area contributed by atoms with E-state index >= 15 is 0 Å². The molecule has 1 aromatic carbocycles. The summed E-state index contributed by atoms with van der Waals surface area (Å²) in [6, 6.07) is 7.39. The summed E-state index contributed by atoms with van der Waals surface area (Å²) in [6.45, 7) is 9.03. The molecule has 0 bridgehead atoms. The van der Waals surface area contributed by atoms with Crippen LogP contribution in [0.1, 0.15) is 46.2 Å². The van der Waals surface area contributed by atoms with Gasteiger partial charge in [-0.05, 0) is 24.6 Å². The van der Waals surface area contributed by atoms with Gasteiger partial charge in [-0.1, -0.05) is 32.9 Å². The average Bonchev–Trinajstić information content (AvgIpc) is 2.27. The molecule has 0 aliphatic rings. The highest BCUT2D eigenvalue weighted by Gasteiger charge is 2.22. The van der Waals surface area contributed by atoms with Crippen molar-refractivity contribution in [2.75, 3.05) is 5.32 Å². The van der Waals surface area contributed by atoms with Gasteiger partial charge in [0.05, 0.1) is 6.04 Å². The molecule has 0 aromatic heterocycles. The third kappa shape index (κ3) is 4.73. The first-order valence-corrected chi connectivity index (χ1v) is 6.38. The first-order chi connectivity index (χ1) is 8.70. The SMILES string of the molecule is CC(=O)Nc1cccc([C@@H](C)NC(=O)C(C)(C)C)c1. The fourth-order valence-electron chi connectivity index (χ4n) is 1.59. The molecular formula is C15H22N2O2. The normalized spacial score (nSPS) is 12.7. The number of carbonyl (C=O) groups is 2. The van der Waals surface area contributed by atoms with Crippen molar-refractivity contribution in [3.63, 3.8) is 0 Å². The maximum absolute atomic E-state index is 11.9. The predicted octanol–water partition coefficient (Wildman–Crippen LogP) is 2.87. The van der Waals surface area contributed by atoms with Crippen LogP contribution in [0.3, 0.4) is 0 Å². The molecule has 0 unspecified atom stereocenters. The molecule has 0 radical (unpaired) electrons. The van der Waals surface area contributed by atoms with Crippen molar-refractivity contribution in [3.8, 4) is 0 Å². The molecule has 2 N–H and O–H groups in total. The van der Waals surface area contributed by atoms with E-state index in [2.05, 4.69) is 10.6 Å². The second-order valence-corrected chi connectivity index (χ2v) is 5.75. The van der Waals surface area contributed by atoms with Crippen LogP contribution in [0.2, 0.25) is 0 Å². The van der Waals surface area contributed by atoms with Crippen LogP contribution in [0.5, 0.6) is 0 Å². The van der Waals surface area contributed by atoms with E-state index in [0.717, 1.165) is 11.3 Å². The van der Waals surface area contributed by atoms with Crippen LogP contribution in [0, 0.1) is 5.41 Å². The van der Waals surface area contributed by atoms with Crippen molar-refractivity contribution in [2.45, 2.75) is 40.7 Å². The first-order valence-electron chi connectivity index (χ1n) is 6.38. The Labute approximate surface area is 114 Å². The zero-order chi connectivity index (χ0) is 14.6. The number of nitrogens with one attached hydrogen (secondary N) is 2. The van der Waals surface area contributed by atoms with Crippen molar-refractivity contribution in [1.29, 1.82) is 0 Å². The molecule has 0 aliphatic heterocycles. The van der Waals surface area contributed by atoms with Gasteiger partial charge in [-0.15, -0.1) is 0 Å². The third-order valence-electron chi connectivity index (χ3n) is 2.74. The molecule has 4 heteroatoms. The fourth-order valence-corrected chi connectivity index (χ4v) is 1.59. The molecule has 1 atom stereocenters. The Kier molecular flexibility index (Phi) is 4.70. The topological polar surface area (TPSA) is 58.2 Å². The highest BCUT2D eigenvalue weighted by Crippen LogP contribution is 2.20. The Morgan fingerprint density at radius 1 is 1.21 bits per heavy atom. The molecule has 4 nitrogen and oxygen atoms in total. The monoisotopic (exact) mass is 262 g/mol. The van der Waals surface area contributed by atoms with Gasteiger partial charge in [0, 0.05) is 18.0 Å². The molecule has 104 valence electrons. The lowest BCUT2D eigenvalue weighted by atomic mass is 9.94. The second-order valence-electron chi connectivity index (χ2n) is 5.75. The smallest absolute Gasteiger partial charge is 0.225 e. The van der Waals surface area contributed by atoms with Gasteiger partial charge >= 0.3 is 0 Å². The summed E-state index contributed by atoms with van der Waals surface area (Å²) in [5.74, 6) is -0.103. The average molecular weight is 262 g/mol. The van der Waals surface area contributed by atoms with E-state index in [4.69, 9.17) is 0 Å². The minimum atomic E-state index is -0.413. The van der Waals surface area contributed by atoms with Crippen LogP contribution in [0.15, 0.2) is 24.3 Å². The molecule has 0 aliphatic carbocycles. The maximum atomic E-state index is 11.9. The number of benzene rings is 1. The van der Waals surface area contributed by atoms with Gasteiger partial charge in [0.25, 0.3) is 0 Å². The lowest BCUT2D eigenvalue weighted by Crippen LogP contribution is -2.36. The van der Waals surface area contributed by atoms with E-state index in [1.165, 1.54) is 6.92 Å². The lowest BCUT2D eigenvalue weighted by Gasteiger charge is -2.22. The summed E-state index contributed by atoms with van der Waals surface area (Å²) in [5, 5.41) is 5.70. The molecule has 0 heterocycles. The van der Waals surface area contributed by atoms with Crippen LogP contribution in [0.4, 0.5) is 5.69 Å². The summed E-state index contributed by atoms with van der Waals surface area (Å²) < 4.78 is 0. The molecule has 19 heavy (non-hydrogen) atoms. The molecule has 0 spiro atoms. The Hall–Kier alpha value is -1.84. The minimum Gasteiger partial charge on any atom is -0.349 e. The summed E-state index contributed by atoms with van der Waals surface area (Å²) >= 11 is 0. The van der Waals surface area contributed by atoms with Crippen LogP contribution in [0.25, 0.3) is 0 Å². The summed E-state index contributed by atoms with van der Waals surface area (Å²) in [6.07, 6.45) is 0. The Balaban J connectivity index is 2.80. The van der Waals surface area contributed by atoms with E-state index in [0.29, 0.717) is 0 Å². The quantitative estimate of drug-likeness (QED) is 0.880. The van der Waals surface area contributed by atoms with Gasteiger partial charge in [-0.2, -0.15) is 0 Å². The van der Waals surface area contributed by atoms with Crippen molar-refractivity contribution in [3.05, 3.63) is 29.8 Å². The predicted molar refractivity (Wildman–Crippen MR) is 76.8 cm³/mol. The molecule has 1 aromatic rings. The molecule has 2 amide bonds. The molecule has 0 saturated carbocycles. The second kappa shape index (κ2) is 5.87. The van der Waals surface area contributed by atoms with Gasteiger partial charge in [0.1, 0.15) is 0 Å². The van der Waals surface area contributed by atoms with Crippen molar-refractivity contribution in [1.82, 2.24) is 5.32 Å². The van der Waals surface area contributed by atoms with E-state index in [1.54, 1.807) is 0 Å². The maximum Gasteiger partial charge on any atom is 0.225 e. The Bertz CT molecular complexity index is 475. The van der Waals surface area contributed by atoms with Crippen molar-refractivity contribution in [2.24, 2.45) is 5.41 Å². The fraction of sp³-hybridized carbons (Fsp3) is 0.467. The molecule has 1 rings (SSSR count). The zero-order valence-corrected chi connectivity index (χ0v) is 12.2. The highest BCUT2D eigenvalue weighted by atomic mass is 16.2. The van der Waals surface area contributed by atoms with Gasteiger partial charge in [-0.3, -0.25) is 9.59 Å². The van der Waals surface area contributed by atoms with Gasteiger partial charge in [0.15, 0.2) is 0 Å². The highest BCUT2D eigenvalue weighted by molar-refractivity contribution is 5.88. The van der Waals surface area contributed by atoms with Crippen LogP contribution >= 0.6 is 0 Å². The summed E-state index contributed by atoms with van der Waals surface area (Å²) in [5.41, 5.74) is 1.29. The number of rotatable bonds is 3. The third-order valence-corrected chi connectivity index (χ3v) is 2.74. The first kappa shape index (κ1) is 15.2. The summed E-state index contributed by atoms with van der Waals surface area (Å²) in [4.78, 5) is 23.0. The van der Waals surface area contributed by atoms with E-state index in [9.17, 15) is 9.59 Å². The number of carbonyl (C=O) groups excluding carboxylic acids is 2. The van der Waals surface area contributed by atoms with E-state index in [-0.39, 0.29) is 17.9 Å². The number of hydrogen-bond acceptors (Lipinski definition) is 2. The Morgan fingerprint density at radius 2 is 1.84 bits per heavy atom. The molecular weight excluding hydrogens is 240 g/mol. The van der Waals surface area contributed by atoms with Gasteiger partial charge in [-0.25, -0.2) is 0 Å². The van der Waals surface area contributed by atoms with E-state index < -0.39 is 5.41 Å². The largest absolute Gasteiger partial charge is 0.349 e. The van der Waals surface area contributed by atoms with Gasteiger partial charge < -0.3 is 10.6 Å². The van der Waals surface area contributed by atoms with Crippen LogP contribution < -0.4 is 10.6 Å². The minimum absolute atomic E-state index is 0.00456. The van der Waals surface area contributed by atoms with Crippen molar-refractivity contribution >= 4 is 17.5 Å². The lowest BCUT2D eigenvalue weighted by molar-refractivity contribution is -0.129. The Morgan fingerprint density at radius 3 is 2.37 bits per heavy atom. The number of anilines is 1. The number of amides is 2. The van der Waals surface area contributed by atoms with Gasteiger partial charge in [0.2, 0.25) is 11.8 Å². The van der Waals surface area contributed by atoms with Crippen LogP contribution in [-0.2, 0) is 9.59 Å². The van der Waals surface area contributed by atoms with Crippen LogP contribution in [-0.4, -0.2) is 11.8 Å². The molecule has 0 saturated heterocycles. The van der Waals surface area contributed by atoms with E-state index in [1.807, 2.05) is 52.0 Å². The standard InChI is InChI=1S/C15H22N2O2/c1-10(16-14(19)15(3,4)5)12-7-6-8-13(9-12)17-11(2)18/h6-10H,1-5H3,(H,16,19)(H,17,18)/t10-/m1/s1. The number of hydrogen-bond donors (Lipinski definition) is 2. The summed E-state index contributed by atoms with van der Waals surface area (Å²) in [7, 11) is 0. The molecule has 0 fully saturated rings.